The molecule has 0 amide bonds. The van der Waals surface area contributed by atoms with Gasteiger partial charge in [0.15, 0.2) is 0 Å². The van der Waals surface area contributed by atoms with Gasteiger partial charge >= 0.3 is 0 Å². The van der Waals surface area contributed by atoms with Crippen molar-refractivity contribution in [3.63, 3.8) is 0 Å². The minimum Gasteiger partial charge on any atom is -0.314 e. The van der Waals surface area contributed by atoms with Crippen molar-refractivity contribution in [3.05, 3.63) is 57.3 Å². The number of nitrogens with zero attached hydrogens (tertiary/aromatic N) is 1. The van der Waals surface area contributed by atoms with Gasteiger partial charge in [-0.1, -0.05) is 6.07 Å². The molecule has 0 bridgehead atoms. The highest BCUT2D eigenvalue weighted by Gasteiger charge is 2.29. The zero-order chi connectivity index (χ0) is 14.8. The van der Waals surface area contributed by atoms with Crippen LogP contribution in [0.4, 0.5) is 8.78 Å². The van der Waals surface area contributed by atoms with Crippen molar-refractivity contribution in [3.8, 4) is 0 Å². The molecule has 21 heavy (non-hydrogen) atoms. The Hall–Kier alpha value is -1.30. The summed E-state index contributed by atoms with van der Waals surface area (Å²) in [6.07, 6.45) is 0. The van der Waals surface area contributed by atoms with Crippen LogP contribution in [0.5, 0.6) is 0 Å². The molecule has 0 saturated carbocycles. The summed E-state index contributed by atoms with van der Waals surface area (Å²) >= 11 is 1.56. The van der Waals surface area contributed by atoms with E-state index in [1.807, 2.05) is 16.8 Å². The van der Waals surface area contributed by atoms with Gasteiger partial charge in [-0.25, -0.2) is 8.78 Å². The van der Waals surface area contributed by atoms with Gasteiger partial charge in [-0.05, 0) is 40.9 Å². The van der Waals surface area contributed by atoms with E-state index < -0.39 is 11.6 Å². The van der Waals surface area contributed by atoms with E-state index in [9.17, 15) is 8.78 Å². The Labute approximate surface area is 127 Å². The van der Waals surface area contributed by atoms with E-state index in [4.69, 9.17) is 0 Å². The second kappa shape index (κ2) is 6.22. The predicted molar refractivity (Wildman–Crippen MR) is 81.7 cm³/mol. The zero-order valence-electron chi connectivity index (χ0n) is 11.9. The Balaban J connectivity index is 2.09. The third-order valence-corrected chi connectivity index (χ3v) is 4.67. The van der Waals surface area contributed by atoms with E-state index in [1.165, 1.54) is 12.1 Å². The Morgan fingerprint density at radius 3 is 2.62 bits per heavy atom. The summed E-state index contributed by atoms with van der Waals surface area (Å²) in [6.45, 7) is 4.94. The first-order valence-electron chi connectivity index (χ1n) is 7.10. The molecule has 1 aliphatic rings. The maximum atomic E-state index is 14.6. The Bertz CT molecular complexity index is 607. The van der Waals surface area contributed by atoms with Crippen LogP contribution in [-0.2, 0) is 0 Å². The Kier molecular flexibility index (Phi) is 4.33. The third kappa shape index (κ3) is 2.86. The Morgan fingerprint density at radius 1 is 1.19 bits per heavy atom. The highest BCUT2D eigenvalue weighted by Crippen LogP contribution is 2.34. The quantitative estimate of drug-likeness (QED) is 0.935. The van der Waals surface area contributed by atoms with Gasteiger partial charge in [0.05, 0.1) is 6.04 Å². The molecule has 1 fully saturated rings. The van der Waals surface area contributed by atoms with Gasteiger partial charge in [0.2, 0.25) is 0 Å². The largest absolute Gasteiger partial charge is 0.314 e. The van der Waals surface area contributed by atoms with Crippen LogP contribution in [0.25, 0.3) is 0 Å². The van der Waals surface area contributed by atoms with Crippen molar-refractivity contribution in [2.75, 3.05) is 26.2 Å². The standard InChI is InChI=1S/C16H18F2N2S/c1-11-2-3-13(17)14(15(11)18)16(12-4-9-21-10-12)20-7-5-19-6-8-20/h2-4,9-10,16,19H,5-8H2,1H3/t16-/m0/s1. The molecule has 0 unspecified atom stereocenters. The maximum absolute atomic E-state index is 14.6. The summed E-state index contributed by atoms with van der Waals surface area (Å²) in [4.78, 5) is 2.15. The van der Waals surface area contributed by atoms with Crippen molar-refractivity contribution in [1.29, 1.82) is 0 Å². The maximum Gasteiger partial charge on any atom is 0.134 e. The van der Waals surface area contributed by atoms with Crippen LogP contribution in [0.3, 0.4) is 0 Å². The van der Waals surface area contributed by atoms with Crippen LogP contribution in [0, 0.1) is 18.6 Å². The van der Waals surface area contributed by atoms with Crippen molar-refractivity contribution in [1.82, 2.24) is 10.2 Å². The van der Waals surface area contributed by atoms with Crippen LogP contribution in [-0.4, -0.2) is 31.1 Å². The predicted octanol–water partition coefficient (Wildman–Crippen LogP) is 3.33. The van der Waals surface area contributed by atoms with E-state index in [1.54, 1.807) is 18.3 Å². The molecule has 2 aromatic rings. The van der Waals surface area contributed by atoms with Gasteiger partial charge in [-0.15, -0.1) is 0 Å². The van der Waals surface area contributed by atoms with E-state index in [0.717, 1.165) is 31.7 Å². The fourth-order valence-corrected chi connectivity index (χ4v) is 3.54. The first-order valence-corrected chi connectivity index (χ1v) is 8.04. The van der Waals surface area contributed by atoms with Crippen molar-refractivity contribution in [2.45, 2.75) is 13.0 Å². The highest BCUT2D eigenvalue weighted by atomic mass is 32.1. The molecule has 2 nitrogen and oxygen atoms in total. The van der Waals surface area contributed by atoms with E-state index >= 15 is 0 Å². The zero-order valence-corrected chi connectivity index (χ0v) is 12.7. The summed E-state index contributed by atoms with van der Waals surface area (Å²) in [5.74, 6) is -0.891. The lowest BCUT2D eigenvalue weighted by molar-refractivity contribution is 0.192. The first-order chi connectivity index (χ1) is 10.2. The van der Waals surface area contributed by atoms with E-state index in [0.29, 0.717) is 5.56 Å². The monoisotopic (exact) mass is 308 g/mol. The summed E-state index contributed by atoms with van der Waals surface area (Å²) in [7, 11) is 0. The molecule has 5 heteroatoms. The number of hydrogen-bond acceptors (Lipinski definition) is 3. The molecule has 3 rings (SSSR count). The normalized spacial score (nSPS) is 17.9. The van der Waals surface area contributed by atoms with Gasteiger partial charge < -0.3 is 5.32 Å². The number of thiophene rings is 1. The average molecular weight is 308 g/mol. The fraction of sp³-hybridized carbons (Fsp3) is 0.375. The van der Waals surface area contributed by atoms with Crippen LogP contribution >= 0.6 is 11.3 Å². The molecule has 1 aliphatic heterocycles. The average Bonchev–Trinajstić information content (AvgIpc) is 3.02. The summed E-state index contributed by atoms with van der Waals surface area (Å²) in [6, 6.07) is 4.48. The Morgan fingerprint density at radius 2 is 1.95 bits per heavy atom. The van der Waals surface area contributed by atoms with E-state index in [2.05, 4.69) is 10.2 Å². The van der Waals surface area contributed by atoms with Crippen molar-refractivity contribution < 1.29 is 8.78 Å². The van der Waals surface area contributed by atoms with Gasteiger partial charge in [0.1, 0.15) is 11.6 Å². The molecular weight excluding hydrogens is 290 g/mol. The lowest BCUT2D eigenvalue weighted by Crippen LogP contribution is -2.45. The molecule has 1 N–H and O–H groups in total. The molecule has 2 heterocycles. The minimum atomic E-state index is -0.465. The van der Waals surface area contributed by atoms with Crippen LogP contribution in [0.15, 0.2) is 29.0 Å². The molecule has 1 aromatic carbocycles. The fourth-order valence-electron chi connectivity index (χ4n) is 2.86. The smallest absolute Gasteiger partial charge is 0.134 e. The second-order valence-electron chi connectivity index (χ2n) is 5.34. The van der Waals surface area contributed by atoms with Crippen molar-refractivity contribution in [2.24, 2.45) is 0 Å². The lowest BCUT2D eigenvalue weighted by Gasteiger charge is -2.35. The number of rotatable bonds is 3. The van der Waals surface area contributed by atoms with E-state index in [-0.39, 0.29) is 11.6 Å². The van der Waals surface area contributed by atoms with Crippen LogP contribution < -0.4 is 5.32 Å². The van der Waals surface area contributed by atoms with Crippen LogP contribution in [0.1, 0.15) is 22.7 Å². The summed E-state index contributed by atoms with van der Waals surface area (Å²) < 4.78 is 28.9. The van der Waals surface area contributed by atoms with Gasteiger partial charge in [-0.3, -0.25) is 4.90 Å². The molecule has 1 saturated heterocycles. The number of benzene rings is 1. The van der Waals surface area contributed by atoms with Gasteiger partial charge in [0, 0.05) is 31.7 Å². The summed E-state index contributed by atoms with van der Waals surface area (Å²) in [5.41, 5.74) is 1.63. The topological polar surface area (TPSA) is 15.3 Å². The second-order valence-corrected chi connectivity index (χ2v) is 6.12. The first kappa shape index (κ1) is 14.6. The molecule has 1 aromatic heterocycles. The van der Waals surface area contributed by atoms with Gasteiger partial charge in [-0.2, -0.15) is 11.3 Å². The number of aryl methyl sites for hydroxylation is 1. The number of halogens is 2. The summed E-state index contributed by atoms with van der Waals surface area (Å²) in [5, 5.41) is 7.21. The third-order valence-electron chi connectivity index (χ3n) is 3.97. The number of hydrogen-bond donors (Lipinski definition) is 1. The molecular formula is C16H18F2N2S. The molecule has 0 radical (unpaired) electrons. The van der Waals surface area contributed by atoms with Crippen LogP contribution in [0.2, 0.25) is 0 Å². The van der Waals surface area contributed by atoms with Crippen molar-refractivity contribution >= 4 is 11.3 Å². The molecule has 0 spiro atoms. The highest BCUT2D eigenvalue weighted by molar-refractivity contribution is 7.08. The SMILES string of the molecule is Cc1ccc(F)c([C@H](c2ccsc2)N2CCNCC2)c1F. The molecule has 1 atom stereocenters. The minimum absolute atomic E-state index is 0.176. The van der Waals surface area contributed by atoms with Gasteiger partial charge in [0.25, 0.3) is 0 Å². The molecule has 112 valence electrons. The number of piperazine rings is 1. The lowest BCUT2D eigenvalue weighted by atomic mass is 9.96. The molecule has 0 aliphatic carbocycles. The number of nitrogens with one attached hydrogen (secondary N) is 1.